The van der Waals surface area contributed by atoms with Crippen LogP contribution in [-0.4, -0.2) is 38.2 Å². The average Bonchev–Trinajstić information content (AvgIpc) is 2.27. The van der Waals surface area contributed by atoms with Crippen molar-refractivity contribution in [2.45, 2.75) is 12.7 Å². The van der Waals surface area contributed by atoms with E-state index in [0.29, 0.717) is 11.0 Å². The first-order valence-corrected chi connectivity index (χ1v) is 5.69. The van der Waals surface area contributed by atoms with E-state index in [0.717, 1.165) is 17.7 Å². The lowest BCUT2D eigenvalue weighted by Crippen LogP contribution is -2.43. The van der Waals surface area contributed by atoms with Crippen molar-refractivity contribution in [3.05, 3.63) is 35.4 Å². The van der Waals surface area contributed by atoms with Gasteiger partial charge in [0, 0.05) is 5.56 Å². The zero-order valence-corrected chi connectivity index (χ0v) is 11.1. The Bertz CT molecular complexity index is 438. The van der Waals surface area contributed by atoms with E-state index < -0.39 is 11.7 Å². The molecule has 106 valence electrons. The molecular weight excluding hydrogens is 259 g/mol. The van der Waals surface area contributed by atoms with Crippen LogP contribution in [0, 0.1) is 0 Å². The Kier molecular flexibility index (Phi) is 4.57. The minimum absolute atomic E-state index is 0.164. The fourth-order valence-corrected chi connectivity index (χ4v) is 1.76. The second-order valence-corrected chi connectivity index (χ2v) is 5.02. The molecule has 0 fully saturated rings. The van der Waals surface area contributed by atoms with Crippen molar-refractivity contribution in [2.75, 3.05) is 27.7 Å². The molecule has 1 rings (SSSR count). The van der Waals surface area contributed by atoms with Gasteiger partial charge in [0.2, 0.25) is 0 Å². The Morgan fingerprint density at radius 3 is 2.16 bits per heavy atom. The molecule has 1 aromatic rings. The largest absolute Gasteiger partial charge is 0.465 e. The van der Waals surface area contributed by atoms with E-state index in [1.807, 2.05) is 14.1 Å². The van der Waals surface area contributed by atoms with Crippen LogP contribution in [0.4, 0.5) is 13.2 Å². The van der Waals surface area contributed by atoms with Crippen molar-refractivity contribution in [1.29, 1.82) is 0 Å². The van der Waals surface area contributed by atoms with Crippen LogP contribution in [0.2, 0.25) is 0 Å². The molecule has 0 bridgehead atoms. The fraction of sp³-hybridized carbons (Fsp3) is 0.462. The van der Waals surface area contributed by atoms with Gasteiger partial charge in [0.1, 0.15) is 6.54 Å². The molecule has 19 heavy (non-hydrogen) atoms. The van der Waals surface area contributed by atoms with Gasteiger partial charge >= 0.3 is 12.1 Å². The lowest BCUT2D eigenvalue weighted by molar-refractivity contribution is -0.896. The Hall–Kier alpha value is -1.56. The molecule has 3 nitrogen and oxygen atoms in total. The van der Waals surface area contributed by atoms with Crippen LogP contribution in [0.1, 0.15) is 11.1 Å². The predicted octanol–water partition coefficient (Wildman–Crippen LogP) is 2.45. The summed E-state index contributed by atoms with van der Waals surface area (Å²) in [6.07, 6.45) is -4.32. The number of ether oxygens (including phenoxy) is 1. The van der Waals surface area contributed by atoms with Crippen LogP contribution in [0.25, 0.3) is 0 Å². The van der Waals surface area contributed by atoms with Crippen LogP contribution in [-0.2, 0) is 22.3 Å². The summed E-state index contributed by atoms with van der Waals surface area (Å²) in [5.41, 5.74) is 0.0661. The van der Waals surface area contributed by atoms with Crippen molar-refractivity contribution in [1.82, 2.24) is 0 Å². The average molecular weight is 276 g/mol. The number of esters is 1. The molecule has 0 aliphatic rings. The SMILES string of the molecule is COC(=O)C[N+](C)(C)Cc1ccc(C(F)(F)F)cc1. The number of likely N-dealkylation sites (N-methyl/N-ethyl adjacent to an activating group) is 1. The Balaban J connectivity index is 2.75. The van der Waals surface area contributed by atoms with Gasteiger partial charge in [0.05, 0.1) is 26.8 Å². The molecule has 6 heteroatoms. The highest BCUT2D eigenvalue weighted by Crippen LogP contribution is 2.29. The number of alkyl halides is 3. The van der Waals surface area contributed by atoms with E-state index >= 15 is 0 Å². The van der Waals surface area contributed by atoms with Crippen molar-refractivity contribution < 1.29 is 27.2 Å². The summed E-state index contributed by atoms with van der Waals surface area (Å²) in [6, 6.07) is 4.96. The van der Waals surface area contributed by atoms with E-state index in [2.05, 4.69) is 4.74 Å². The fourth-order valence-electron chi connectivity index (χ4n) is 1.76. The second kappa shape index (κ2) is 5.61. The van der Waals surface area contributed by atoms with Crippen molar-refractivity contribution in [3.8, 4) is 0 Å². The molecule has 1 aromatic carbocycles. The van der Waals surface area contributed by atoms with Gasteiger partial charge in [-0.15, -0.1) is 0 Å². The first-order valence-electron chi connectivity index (χ1n) is 5.69. The Morgan fingerprint density at radius 1 is 1.21 bits per heavy atom. The smallest absolute Gasteiger partial charge is 0.416 e. The number of rotatable bonds is 4. The van der Waals surface area contributed by atoms with Crippen molar-refractivity contribution >= 4 is 5.97 Å². The molecule has 0 N–H and O–H groups in total. The summed E-state index contributed by atoms with van der Waals surface area (Å²) in [5.74, 6) is -0.350. The summed E-state index contributed by atoms with van der Waals surface area (Å²) >= 11 is 0. The predicted molar refractivity (Wildman–Crippen MR) is 64.1 cm³/mol. The maximum absolute atomic E-state index is 12.4. The van der Waals surface area contributed by atoms with Gasteiger partial charge in [-0.05, 0) is 12.1 Å². The number of hydrogen-bond acceptors (Lipinski definition) is 2. The normalized spacial score (nSPS) is 12.3. The standard InChI is InChI=1S/C13H17F3NO2/c1-17(2,9-12(18)19-3)8-10-4-6-11(7-5-10)13(14,15)16/h4-7H,8-9H2,1-3H3/q+1. The second-order valence-electron chi connectivity index (χ2n) is 5.02. The van der Waals surface area contributed by atoms with Crippen LogP contribution in [0.5, 0.6) is 0 Å². The van der Waals surface area contributed by atoms with E-state index in [1.54, 1.807) is 0 Å². The number of carbonyl (C=O) groups is 1. The zero-order valence-electron chi connectivity index (χ0n) is 11.1. The highest BCUT2D eigenvalue weighted by Gasteiger charge is 2.30. The molecule has 0 heterocycles. The Morgan fingerprint density at radius 2 is 1.74 bits per heavy atom. The zero-order chi connectivity index (χ0) is 14.7. The van der Waals surface area contributed by atoms with E-state index in [1.165, 1.54) is 19.2 Å². The van der Waals surface area contributed by atoms with Gasteiger partial charge in [-0.3, -0.25) is 0 Å². The Labute approximate surface area is 110 Å². The number of halogens is 3. The summed E-state index contributed by atoms with van der Waals surface area (Å²) in [7, 11) is 4.93. The van der Waals surface area contributed by atoms with Gasteiger partial charge in [-0.2, -0.15) is 13.2 Å². The molecule has 0 amide bonds. The van der Waals surface area contributed by atoms with Crippen LogP contribution < -0.4 is 0 Å². The number of methoxy groups -OCH3 is 1. The van der Waals surface area contributed by atoms with Gasteiger partial charge in [-0.1, -0.05) is 12.1 Å². The lowest BCUT2D eigenvalue weighted by Gasteiger charge is -2.28. The maximum atomic E-state index is 12.4. The molecule has 0 saturated carbocycles. The minimum Gasteiger partial charge on any atom is -0.465 e. The minimum atomic E-state index is -4.32. The first-order chi connectivity index (χ1) is 8.64. The number of nitrogens with zero attached hydrogens (tertiary/aromatic N) is 1. The first kappa shape index (κ1) is 15.5. The molecule has 0 unspecified atom stereocenters. The topological polar surface area (TPSA) is 26.3 Å². The lowest BCUT2D eigenvalue weighted by atomic mass is 10.1. The number of carbonyl (C=O) groups excluding carboxylic acids is 1. The molecule has 0 radical (unpaired) electrons. The molecule has 0 aliphatic heterocycles. The van der Waals surface area contributed by atoms with Gasteiger partial charge in [-0.25, -0.2) is 4.79 Å². The number of quaternary nitrogens is 1. The van der Waals surface area contributed by atoms with Crippen LogP contribution in [0.3, 0.4) is 0 Å². The molecule has 0 aromatic heterocycles. The van der Waals surface area contributed by atoms with Crippen molar-refractivity contribution in [2.24, 2.45) is 0 Å². The third-order valence-electron chi connectivity index (χ3n) is 2.68. The third kappa shape index (κ3) is 4.90. The third-order valence-corrected chi connectivity index (χ3v) is 2.68. The van der Waals surface area contributed by atoms with Gasteiger partial charge in [0.25, 0.3) is 0 Å². The van der Waals surface area contributed by atoms with Crippen LogP contribution in [0.15, 0.2) is 24.3 Å². The number of hydrogen-bond donors (Lipinski definition) is 0. The highest BCUT2D eigenvalue weighted by molar-refractivity contribution is 5.70. The maximum Gasteiger partial charge on any atom is 0.416 e. The monoisotopic (exact) mass is 276 g/mol. The summed E-state index contributed by atoms with van der Waals surface area (Å²) in [4.78, 5) is 11.2. The molecule has 0 spiro atoms. The van der Waals surface area contributed by atoms with Crippen molar-refractivity contribution in [3.63, 3.8) is 0 Å². The molecule has 0 atom stereocenters. The molecule has 0 aliphatic carbocycles. The summed E-state index contributed by atoms with van der Waals surface area (Å²) in [5, 5.41) is 0. The van der Waals surface area contributed by atoms with E-state index in [-0.39, 0.29) is 12.5 Å². The van der Waals surface area contributed by atoms with Gasteiger partial charge in [0.15, 0.2) is 6.54 Å². The molecule has 0 saturated heterocycles. The number of benzene rings is 1. The van der Waals surface area contributed by atoms with E-state index in [9.17, 15) is 18.0 Å². The van der Waals surface area contributed by atoms with Crippen LogP contribution >= 0.6 is 0 Å². The van der Waals surface area contributed by atoms with E-state index in [4.69, 9.17) is 0 Å². The summed E-state index contributed by atoms with van der Waals surface area (Å²) in [6.45, 7) is 0.616. The quantitative estimate of drug-likeness (QED) is 0.624. The molecular formula is C13H17F3NO2+. The van der Waals surface area contributed by atoms with Gasteiger partial charge < -0.3 is 9.22 Å². The highest BCUT2D eigenvalue weighted by atomic mass is 19.4. The summed E-state index contributed by atoms with van der Waals surface area (Å²) < 4.78 is 42.1.